The van der Waals surface area contributed by atoms with Crippen LogP contribution in [0, 0.1) is 10.1 Å². The molecule has 7 nitrogen and oxygen atoms in total. The maximum absolute atomic E-state index is 11.0. The third-order valence-corrected chi connectivity index (χ3v) is 1.98. The van der Waals surface area contributed by atoms with Crippen molar-refractivity contribution in [2.45, 2.75) is 0 Å². The van der Waals surface area contributed by atoms with Crippen LogP contribution in [0.2, 0.25) is 0 Å². The number of aromatic nitrogens is 2. The Morgan fingerprint density at radius 3 is 2.87 bits per heavy atom. The number of fused-ring (bicyclic) bond motifs is 1. The number of amides is 1. The van der Waals surface area contributed by atoms with Gasteiger partial charge in [-0.3, -0.25) is 14.9 Å². The van der Waals surface area contributed by atoms with Gasteiger partial charge in [-0.2, -0.15) is 0 Å². The fraction of sp³-hybridized carbons (Fsp3) is 0. The highest BCUT2D eigenvalue weighted by Gasteiger charge is 2.16. The number of aromatic amines is 1. The molecule has 0 aliphatic heterocycles. The monoisotopic (exact) mass is 206 g/mol. The fourth-order valence-corrected chi connectivity index (χ4v) is 1.33. The van der Waals surface area contributed by atoms with Crippen molar-refractivity contribution in [1.29, 1.82) is 0 Å². The molecule has 0 fully saturated rings. The average molecular weight is 206 g/mol. The molecule has 0 aliphatic rings. The van der Waals surface area contributed by atoms with Crippen molar-refractivity contribution < 1.29 is 9.72 Å². The molecule has 1 heterocycles. The van der Waals surface area contributed by atoms with Crippen molar-refractivity contribution in [3.63, 3.8) is 0 Å². The zero-order valence-corrected chi connectivity index (χ0v) is 7.43. The van der Waals surface area contributed by atoms with Gasteiger partial charge in [-0.1, -0.05) is 0 Å². The summed E-state index contributed by atoms with van der Waals surface area (Å²) in [6.07, 6.45) is 1.35. The molecule has 1 amide bonds. The summed E-state index contributed by atoms with van der Waals surface area (Å²) in [5, 5.41) is 10.6. The Balaban J connectivity index is 2.80. The van der Waals surface area contributed by atoms with Gasteiger partial charge in [-0.15, -0.1) is 0 Å². The van der Waals surface area contributed by atoms with E-state index in [9.17, 15) is 14.9 Å². The van der Waals surface area contributed by atoms with E-state index >= 15 is 0 Å². The Morgan fingerprint density at radius 1 is 1.53 bits per heavy atom. The molecular weight excluding hydrogens is 200 g/mol. The van der Waals surface area contributed by atoms with E-state index in [2.05, 4.69) is 9.97 Å². The number of H-pyrrole nitrogens is 1. The van der Waals surface area contributed by atoms with Crippen LogP contribution in [-0.4, -0.2) is 20.8 Å². The Kier molecular flexibility index (Phi) is 1.86. The van der Waals surface area contributed by atoms with Gasteiger partial charge < -0.3 is 10.7 Å². The summed E-state index contributed by atoms with van der Waals surface area (Å²) in [6.45, 7) is 0. The third kappa shape index (κ3) is 1.39. The van der Waals surface area contributed by atoms with E-state index in [1.807, 2.05) is 0 Å². The van der Waals surface area contributed by atoms with Crippen LogP contribution in [-0.2, 0) is 0 Å². The molecule has 0 saturated carbocycles. The normalized spacial score (nSPS) is 10.4. The van der Waals surface area contributed by atoms with E-state index in [0.29, 0.717) is 11.0 Å². The van der Waals surface area contributed by atoms with Crippen molar-refractivity contribution >= 4 is 22.6 Å². The molecule has 1 aromatic carbocycles. The summed E-state index contributed by atoms with van der Waals surface area (Å²) in [5.74, 6) is -0.740. The van der Waals surface area contributed by atoms with E-state index in [0.717, 1.165) is 6.07 Å². The predicted octanol–water partition coefficient (Wildman–Crippen LogP) is 0.570. The van der Waals surface area contributed by atoms with E-state index in [4.69, 9.17) is 5.73 Å². The van der Waals surface area contributed by atoms with Crippen molar-refractivity contribution in [2.75, 3.05) is 0 Å². The zero-order valence-electron chi connectivity index (χ0n) is 7.43. The molecule has 7 heteroatoms. The van der Waals surface area contributed by atoms with Crippen molar-refractivity contribution in [1.82, 2.24) is 9.97 Å². The smallest absolute Gasteiger partial charge is 0.272 e. The standard InChI is InChI=1S/C8H6N4O3/c9-8(13)5-1-4(12(14)15)2-6-7(5)11-3-10-6/h1-3H,(H2,9,13)(H,10,11). The molecule has 1 aromatic heterocycles. The number of nitrogens with one attached hydrogen (secondary N) is 1. The van der Waals surface area contributed by atoms with Crippen LogP contribution < -0.4 is 5.73 Å². The van der Waals surface area contributed by atoms with E-state index < -0.39 is 10.8 Å². The zero-order chi connectivity index (χ0) is 11.0. The summed E-state index contributed by atoms with van der Waals surface area (Å²) >= 11 is 0. The molecule has 0 unspecified atom stereocenters. The largest absolute Gasteiger partial charge is 0.366 e. The van der Waals surface area contributed by atoms with Gasteiger partial charge in [0.25, 0.3) is 11.6 Å². The first-order chi connectivity index (χ1) is 7.09. The fourth-order valence-electron chi connectivity index (χ4n) is 1.33. The maximum atomic E-state index is 11.0. The Hall–Kier alpha value is -2.44. The molecule has 0 atom stereocenters. The summed E-state index contributed by atoms with van der Waals surface area (Å²) in [4.78, 5) is 27.6. The molecule has 0 spiro atoms. The minimum absolute atomic E-state index is 0.0421. The number of non-ortho nitro benzene ring substituents is 1. The summed E-state index contributed by atoms with van der Waals surface area (Å²) in [5.41, 5.74) is 5.70. The number of imidazole rings is 1. The topological polar surface area (TPSA) is 115 Å². The first kappa shape index (κ1) is 9.13. The summed E-state index contributed by atoms with van der Waals surface area (Å²) < 4.78 is 0. The highest BCUT2D eigenvalue weighted by atomic mass is 16.6. The minimum atomic E-state index is -0.740. The second-order valence-electron chi connectivity index (χ2n) is 2.91. The highest BCUT2D eigenvalue weighted by Crippen LogP contribution is 2.22. The minimum Gasteiger partial charge on any atom is -0.366 e. The van der Waals surface area contributed by atoms with Crippen LogP contribution in [0.15, 0.2) is 18.5 Å². The molecule has 15 heavy (non-hydrogen) atoms. The van der Waals surface area contributed by atoms with Crippen molar-refractivity contribution in [3.8, 4) is 0 Å². The lowest BCUT2D eigenvalue weighted by Crippen LogP contribution is -2.12. The van der Waals surface area contributed by atoms with Gasteiger partial charge in [0, 0.05) is 12.1 Å². The molecule has 0 radical (unpaired) electrons. The number of nitro benzene ring substituents is 1. The van der Waals surface area contributed by atoms with Crippen LogP contribution in [0.5, 0.6) is 0 Å². The number of rotatable bonds is 2. The van der Waals surface area contributed by atoms with Gasteiger partial charge in [-0.05, 0) is 0 Å². The van der Waals surface area contributed by atoms with E-state index in [1.165, 1.54) is 12.4 Å². The van der Waals surface area contributed by atoms with Crippen LogP contribution in [0.1, 0.15) is 10.4 Å². The highest BCUT2D eigenvalue weighted by molar-refractivity contribution is 6.04. The number of benzene rings is 1. The number of nitrogens with two attached hydrogens (primary N) is 1. The first-order valence-electron chi connectivity index (χ1n) is 4.01. The number of nitro groups is 1. The van der Waals surface area contributed by atoms with Gasteiger partial charge >= 0.3 is 0 Å². The number of carbonyl (C=O) groups is 1. The van der Waals surface area contributed by atoms with Gasteiger partial charge in [-0.25, -0.2) is 4.98 Å². The van der Waals surface area contributed by atoms with Crippen LogP contribution in [0.25, 0.3) is 11.0 Å². The maximum Gasteiger partial charge on any atom is 0.272 e. The number of hydrogen-bond donors (Lipinski definition) is 2. The van der Waals surface area contributed by atoms with Crippen LogP contribution >= 0.6 is 0 Å². The summed E-state index contributed by atoms with van der Waals surface area (Å²) in [7, 11) is 0. The molecule has 76 valence electrons. The SMILES string of the molecule is NC(=O)c1cc([N+](=O)[O-])cc2[nH]cnc12. The number of carbonyl (C=O) groups excluding carboxylic acids is 1. The second-order valence-corrected chi connectivity index (χ2v) is 2.91. The Morgan fingerprint density at radius 2 is 2.27 bits per heavy atom. The summed E-state index contributed by atoms with van der Waals surface area (Å²) in [6, 6.07) is 2.42. The molecule has 0 aliphatic carbocycles. The van der Waals surface area contributed by atoms with Gasteiger partial charge in [0.2, 0.25) is 0 Å². The molecule has 0 saturated heterocycles. The predicted molar refractivity (Wildman–Crippen MR) is 51.3 cm³/mol. The first-order valence-corrected chi connectivity index (χ1v) is 4.01. The lowest BCUT2D eigenvalue weighted by atomic mass is 10.1. The average Bonchev–Trinajstić information content (AvgIpc) is 2.62. The lowest BCUT2D eigenvalue weighted by molar-refractivity contribution is -0.384. The Bertz CT molecular complexity index is 560. The lowest BCUT2D eigenvalue weighted by Gasteiger charge is -1.97. The second kappa shape index (κ2) is 3.05. The molecule has 2 aromatic rings. The van der Waals surface area contributed by atoms with Crippen molar-refractivity contribution in [2.24, 2.45) is 5.73 Å². The Labute approximate surface area is 83.1 Å². The van der Waals surface area contributed by atoms with Gasteiger partial charge in [0.05, 0.1) is 22.3 Å². The van der Waals surface area contributed by atoms with E-state index in [-0.39, 0.29) is 11.3 Å². The van der Waals surface area contributed by atoms with Crippen LogP contribution in [0.3, 0.4) is 0 Å². The van der Waals surface area contributed by atoms with Gasteiger partial charge in [0.1, 0.15) is 5.52 Å². The number of hydrogen-bond acceptors (Lipinski definition) is 4. The molecule has 0 bridgehead atoms. The number of nitrogens with zero attached hydrogens (tertiary/aromatic N) is 2. The van der Waals surface area contributed by atoms with Crippen LogP contribution in [0.4, 0.5) is 5.69 Å². The molecular formula is C8H6N4O3. The number of primary amides is 1. The quantitative estimate of drug-likeness (QED) is 0.551. The van der Waals surface area contributed by atoms with E-state index in [1.54, 1.807) is 0 Å². The molecule has 3 N–H and O–H groups in total. The van der Waals surface area contributed by atoms with Crippen molar-refractivity contribution in [3.05, 3.63) is 34.1 Å². The van der Waals surface area contributed by atoms with Gasteiger partial charge in [0.15, 0.2) is 0 Å². The third-order valence-electron chi connectivity index (χ3n) is 1.98. The molecule has 2 rings (SSSR count).